The van der Waals surface area contributed by atoms with Gasteiger partial charge in [-0.25, -0.2) is 4.68 Å². The number of likely N-dealkylation sites (tertiary alicyclic amines) is 1. The van der Waals surface area contributed by atoms with Crippen LogP contribution in [0.3, 0.4) is 0 Å². The van der Waals surface area contributed by atoms with Gasteiger partial charge in [-0.05, 0) is 70.7 Å². The van der Waals surface area contributed by atoms with Crippen molar-refractivity contribution in [2.24, 2.45) is 0 Å². The van der Waals surface area contributed by atoms with E-state index in [2.05, 4.69) is 24.1 Å². The predicted octanol–water partition coefficient (Wildman–Crippen LogP) is 3.81. The van der Waals surface area contributed by atoms with Crippen LogP contribution in [-0.2, 0) is 11.2 Å². The zero-order chi connectivity index (χ0) is 21.5. The fourth-order valence-electron chi connectivity index (χ4n) is 4.36. The summed E-state index contributed by atoms with van der Waals surface area (Å²) in [4.78, 5) is 14.9. The van der Waals surface area contributed by atoms with E-state index in [1.165, 1.54) is 25.8 Å². The molecule has 1 N–H and O–H groups in total. The minimum Gasteiger partial charge on any atom is -0.497 e. The van der Waals surface area contributed by atoms with E-state index in [4.69, 9.17) is 9.84 Å². The second-order valence-corrected chi connectivity index (χ2v) is 8.35. The standard InChI is InChI=1S/C24H36N4O2/c1-18-9-5-6-15-27(18)16-8-14-25-24(29)13-12-23-19(2)26-28(20(23)3)21-10-7-11-22(17-21)30-4/h7,10-11,17-18H,5-6,8-9,12-16H2,1-4H3,(H,25,29)/t18-/m0/s1. The van der Waals surface area contributed by atoms with E-state index in [-0.39, 0.29) is 5.91 Å². The Morgan fingerprint density at radius 2 is 2.13 bits per heavy atom. The molecular weight excluding hydrogens is 376 g/mol. The van der Waals surface area contributed by atoms with Crippen LogP contribution in [0.15, 0.2) is 24.3 Å². The summed E-state index contributed by atoms with van der Waals surface area (Å²) in [5.41, 5.74) is 4.17. The Balaban J connectivity index is 1.48. The van der Waals surface area contributed by atoms with Crippen LogP contribution in [0.4, 0.5) is 0 Å². The fraction of sp³-hybridized carbons (Fsp3) is 0.583. The van der Waals surface area contributed by atoms with E-state index < -0.39 is 0 Å². The van der Waals surface area contributed by atoms with Crippen LogP contribution in [0.5, 0.6) is 5.75 Å². The molecule has 1 atom stereocenters. The second kappa shape index (κ2) is 10.6. The fourth-order valence-corrected chi connectivity index (χ4v) is 4.36. The summed E-state index contributed by atoms with van der Waals surface area (Å²) >= 11 is 0. The van der Waals surface area contributed by atoms with Crippen LogP contribution in [0.2, 0.25) is 0 Å². The molecule has 2 aromatic rings. The molecule has 0 bridgehead atoms. The normalized spacial score (nSPS) is 17.1. The number of amides is 1. The highest BCUT2D eigenvalue weighted by atomic mass is 16.5. The maximum Gasteiger partial charge on any atom is 0.220 e. The van der Waals surface area contributed by atoms with Crippen molar-refractivity contribution in [2.45, 2.75) is 65.3 Å². The van der Waals surface area contributed by atoms with Crippen molar-refractivity contribution in [3.05, 3.63) is 41.2 Å². The maximum absolute atomic E-state index is 12.3. The monoisotopic (exact) mass is 412 g/mol. The third-order valence-electron chi connectivity index (χ3n) is 6.23. The Morgan fingerprint density at radius 1 is 1.30 bits per heavy atom. The highest BCUT2D eigenvalue weighted by molar-refractivity contribution is 5.76. The van der Waals surface area contributed by atoms with E-state index in [0.717, 1.165) is 47.9 Å². The average Bonchev–Trinajstić information content (AvgIpc) is 3.04. The van der Waals surface area contributed by atoms with Crippen LogP contribution in [0.25, 0.3) is 5.69 Å². The van der Waals surface area contributed by atoms with Crippen LogP contribution < -0.4 is 10.1 Å². The van der Waals surface area contributed by atoms with Gasteiger partial charge in [-0.15, -0.1) is 0 Å². The van der Waals surface area contributed by atoms with Gasteiger partial charge in [0.25, 0.3) is 0 Å². The molecular formula is C24H36N4O2. The van der Waals surface area contributed by atoms with Gasteiger partial charge in [-0.3, -0.25) is 4.79 Å². The number of piperidine rings is 1. The molecule has 1 aromatic heterocycles. The van der Waals surface area contributed by atoms with Crippen molar-refractivity contribution in [3.63, 3.8) is 0 Å². The molecule has 6 nitrogen and oxygen atoms in total. The number of aryl methyl sites for hydroxylation is 1. The molecule has 0 radical (unpaired) electrons. The average molecular weight is 413 g/mol. The topological polar surface area (TPSA) is 59.4 Å². The lowest BCUT2D eigenvalue weighted by Crippen LogP contribution is -2.39. The zero-order valence-electron chi connectivity index (χ0n) is 18.9. The molecule has 3 rings (SSSR count). The molecule has 1 aliphatic rings. The van der Waals surface area contributed by atoms with Gasteiger partial charge in [0.2, 0.25) is 5.91 Å². The Bertz CT molecular complexity index is 846. The molecule has 2 heterocycles. The number of carbonyl (C=O) groups is 1. The summed E-state index contributed by atoms with van der Waals surface area (Å²) in [6, 6.07) is 8.55. The number of nitrogens with zero attached hydrogens (tertiary/aromatic N) is 3. The molecule has 30 heavy (non-hydrogen) atoms. The molecule has 0 unspecified atom stereocenters. The van der Waals surface area contributed by atoms with E-state index in [1.54, 1.807) is 7.11 Å². The van der Waals surface area contributed by atoms with Crippen LogP contribution in [0, 0.1) is 13.8 Å². The number of rotatable bonds is 9. The largest absolute Gasteiger partial charge is 0.497 e. The molecule has 1 fully saturated rings. The van der Waals surface area contributed by atoms with Gasteiger partial charge in [0.05, 0.1) is 18.5 Å². The second-order valence-electron chi connectivity index (χ2n) is 8.35. The van der Waals surface area contributed by atoms with Gasteiger partial charge in [0, 0.05) is 37.3 Å². The van der Waals surface area contributed by atoms with Gasteiger partial charge < -0.3 is 15.0 Å². The molecule has 1 aliphatic heterocycles. The van der Waals surface area contributed by atoms with E-state index in [9.17, 15) is 4.79 Å². The van der Waals surface area contributed by atoms with Crippen LogP contribution in [0.1, 0.15) is 56.0 Å². The van der Waals surface area contributed by atoms with Crippen LogP contribution >= 0.6 is 0 Å². The number of ether oxygens (including phenoxy) is 1. The van der Waals surface area contributed by atoms with Gasteiger partial charge in [-0.1, -0.05) is 12.5 Å². The minimum atomic E-state index is 0.120. The van der Waals surface area contributed by atoms with Crippen molar-refractivity contribution in [1.82, 2.24) is 20.0 Å². The first-order valence-electron chi connectivity index (χ1n) is 11.2. The highest BCUT2D eigenvalue weighted by Gasteiger charge is 2.17. The van der Waals surface area contributed by atoms with Crippen molar-refractivity contribution in [2.75, 3.05) is 26.7 Å². The van der Waals surface area contributed by atoms with Gasteiger partial charge in [-0.2, -0.15) is 5.10 Å². The lowest BCUT2D eigenvalue weighted by molar-refractivity contribution is -0.121. The lowest BCUT2D eigenvalue weighted by Gasteiger charge is -2.33. The first-order chi connectivity index (χ1) is 14.5. The maximum atomic E-state index is 12.3. The highest BCUT2D eigenvalue weighted by Crippen LogP contribution is 2.22. The van der Waals surface area contributed by atoms with Crippen molar-refractivity contribution >= 4 is 5.91 Å². The van der Waals surface area contributed by atoms with Crippen LogP contribution in [-0.4, -0.2) is 53.4 Å². The van der Waals surface area contributed by atoms with Crippen molar-refractivity contribution < 1.29 is 9.53 Å². The number of hydrogen-bond donors (Lipinski definition) is 1. The summed E-state index contributed by atoms with van der Waals surface area (Å²) in [6.45, 7) is 9.41. The third kappa shape index (κ3) is 5.63. The minimum absolute atomic E-state index is 0.120. The van der Waals surface area contributed by atoms with Crippen molar-refractivity contribution in [1.29, 1.82) is 0 Å². The summed E-state index contributed by atoms with van der Waals surface area (Å²) in [5, 5.41) is 7.78. The number of nitrogens with one attached hydrogen (secondary N) is 1. The number of benzene rings is 1. The molecule has 1 saturated heterocycles. The number of methoxy groups -OCH3 is 1. The summed E-state index contributed by atoms with van der Waals surface area (Å²) in [5.74, 6) is 0.926. The van der Waals surface area contributed by atoms with E-state index in [0.29, 0.717) is 18.9 Å². The Hall–Kier alpha value is -2.34. The number of aromatic nitrogens is 2. The zero-order valence-corrected chi connectivity index (χ0v) is 18.9. The first-order valence-corrected chi connectivity index (χ1v) is 11.2. The van der Waals surface area contributed by atoms with Gasteiger partial charge in [0.15, 0.2) is 0 Å². The van der Waals surface area contributed by atoms with Gasteiger partial charge >= 0.3 is 0 Å². The first kappa shape index (κ1) is 22.3. The summed E-state index contributed by atoms with van der Waals surface area (Å²) < 4.78 is 7.26. The Morgan fingerprint density at radius 3 is 2.90 bits per heavy atom. The molecule has 1 amide bonds. The molecule has 1 aromatic carbocycles. The molecule has 0 spiro atoms. The predicted molar refractivity (Wildman–Crippen MR) is 120 cm³/mol. The molecule has 0 aliphatic carbocycles. The lowest BCUT2D eigenvalue weighted by atomic mass is 10.0. The Kier molecular flexibility index (Phi) is 7.91. The number of hydrogen-bond acceptors (Lipinski definition) is 4. The molecule has 164 valence electrons. The van der Waals surface area contributed by atoms with E-state index >= 15 is 0 Å². The number of carbonyl (C=O) groups excluding carboxylic acids is 1. The quantitative estimate of drug-likeness (QED) is 0.636. The molecule has 6 heteroatoms. The van der Waals surface area contributed by atoms with Gasteiger partial charge in [0.1, 0.15) is 5.75 Å². The summed E-state index contributed by atoms with van der Waals surface area (Å²) in [7, 11) is 1.66. The third-order valence-corrected chi connectivity index (χ3v) is 6.23. The molecule has 0 saturated carbocycles. The SMILES string of the molecule is COc1cccc(-n2nc(C)c(CCC(=O)NCCCN3CCCC[C@@H]3C)c2C)c1. The summed E-state index contributed by atoms with van der Waals surface area (Å²) in [6.07, 6.45) is 6.17. The van der Waals surface area contributed by atoms with E-state index in [1.807, 2.05) is 35.9 Å². The van der Waals surface area contributed by atoms with Crippen molar-refractivity contribution in [3.8, 4) is 11.4 Å². The Labute approximate surface area is 180 Å². The smallest absolute Gasteiger partial charge is 0.220 e.